The quantitative estimate of drug-likeness (QED) is 0.699. The number of hydrogen-bond acceptors (Lipinski definition) is 4. The fraction of sp³-hybridized carbons (Fsp3) is 0. The van der Waals surface area contributed by atoms with Crippen LogP contribution in [0.2, 0.25) is 0 Å². The van der Waals surface area contributed by atoms with Crippen LogP contribution in [0.1, 0.15) is 10.5 Å². The van der Waals surface area contributed by atoms with Gasteiger partial charge in [0.05, 0.1) is 12.4 Å². The van der Waals surface area contributed by atoms with E-state index in [0.717, 1.165) is 6.20 Å². The number of aromatic amines is 1. The fourth-order valence-electron chi connectivity index (χ4n) is 1.03. The molecular weight excluding hydrogens is 200 g/mol. The molecule has 2 N–H and O–H groups in total. The van der Waals surface area contributed by atoms with Gasteiger partial charge >= 0.3 is 5.97 Å². The van der Waals surface area contributed by atoms with Crippen LogP contribution in [-0.2, 0) is 0 Å². The van der Waals surface area contributed by atoms with Gasteiger partial charge in [0, 0.05) is 12.3 Å². The number of H-pyrrole nitrogens is 1. The number of carbonyl (C=O) groups is 1. The van der Waals surface area contributed by atoms with Gasteiger partial charge in [-0.1, -0.05) is 0 Å². The molecule has 0 aliphatic carbocycles. The van der Waals surface area contributed by atoms with Crippen LogP contribution in [-0.4, -0.2) is 30.8 Å². The first-order valence-corrected chi connectivity index (χ1v) is 4.00. The Kier molecular flexibility index (Phi) is 2.05. The second-order valence-electron chi connectivity index (χ2n) is 2.73. The van der Waals surface area contributed by atoms with E-state index in [9.17, 15) is 9.59 Å². The molecule has 2 aromatic heterocycles. The number of aromatic carboxylic acids is 1. The molecule has 0 amide bonds. The van der Waals surface area contributed by atoms with Crippen LogP contribution in [0.5, 0.6) is 0 Å². The lowest BCUT2D eigenvalue weighted by Crippen LogP contribution is -2.07. The SMILES string of the molecule is O=C(O)c1cnc(-n2ccc(=O)[nH]2)cn1. The molecule has 0 fully saturated rings. The summed E-state index contributed by atoms with van der Waals surface area (Å²) in [4.78, 5) is 28.8. The standard InChI is InChI=1S/C8H6N4O3/c13-7-1-2-12(11-7)6-4-9-5(3-10-6)8(14)15/h1-4H,(H,11,13)(H,14,15). The summed E-state index contributed by atoms with van der Waals surface area (Å²) in [5, 5.41) is 11.0. The van der Waals surface area contributed by atoms with Gasteiger partial charge in [0.1, 0.15) is 0 Å². The van der Waals surface area contributed by atoms with Crippen molar-refractivity contribution in [3.05, 3.63) is 40.7 Å². The number of hydrogen-bond donors (Lipinski definition) is 2. The van der Waals surface area contributed by atoms with Gasteiger partial charge in [0.25, 0.3) is 5.56 Å². The average Bonchev–Trinajstić information content (AvgIpc) is 2.65. The summed E-state index contributed by atoms with van der Waals surface area (Å²) in [6.07, 6.45) is 3.86. The molecule has 0 aliphatic heterocycles. The molecule has 0 aromatic carbocycles. The molecule has 15 heavy (non-hydrogen) atoms. The highest BCUT2D eigenvalue weighted by molar-refractivity contribution is 5.84. The summed E-state index contributed by atoms with van der Waals surface area (Å²) >= 11 is 0. The fourth-order valence-corrected chi connectivity index (χ4v) is 1.03. The van der Waals surface area contributed by atoms with Crippen LogP contribution >= 0.6 is 0 Å². The van der Waals surface area contributed by atoms with Crippen molar-refractivity contribution in [3.63, 3.8) is 0 Å². The average molecular weight is 206 g/mol. The molecule has 76 valence electrons. The van der Waals surface area contributed by atoms with Crippen molar-refractivity contribution in [1.82, 2.24) is 19.7 Å². The summed E-state index contributed by atoms with van der Waals surface area (Å²) < 4.78 is 1.35. The molecule has 0 unspecified atom stereocenters. The minimum atomic E-state index is -1.14. The third-order valence-electron chi connectivity index (χ3n) is 1.71. The molecule has 0 radical (unpaired) electrons. The third kappa shape index (κ3) is 1.75. The van der Waals surface area contributed by atoms with E-state index in [1.165, 1.54) is 23.1 Å². The molecule has 2 rings (SSSR count). The van der Waals surface area contributed by atoms with Crippen molar-refractivity contribution in [2.24, 2.45) is 0 Å². The van der Waals surface area contributed by atoms with E-state index in [1.54, 1.807) is 0 Å². The van der Waals surface area contributed by atoms with Gasteiger partial charge in [-0.05, 0) is 0 Å². The third-order valence-corrected chi connectivity index (χ3v) is 1.71. The molecule has 7 heteroatoms. The van der Waals surface area contributed by atoms with Gasteiger partial charge in [0.2, 0.25) is 0 Å². The van der Waals surface area contributed by atoms with E-state index >= 15 is 0 Å². The van der Waals surface area contributed by atoms with Crippen LogP contribution < -0.4 is 5.56 Å². The summed E-state index contributed by atoms with van der Waals surface area (Å²) in [7, 11) is 0. The lowest BCUT2D eigenvalue weighted by Gasteiger charge is -1.99. The maximum Gasteiger partial charge on any atom is 0.356 e. The zero-order chi connectivity index (χ0) is 10.8. The Hall–Kier alpha value is -2.44. The predicted octanol–water partition coefficient (Wildman–Crippen LogP) is -0.346. The number of aromatic nitrogens is 4. The highest BCUT2D eigenvalue weighted by atomic mass is 16.4. The highest BCUT2D eigenvalue weighted by Crippen LogP contribution is 1.99. The van der Waals surface area contributed by atoms with Gasteiger partial charge in [-0.25, -0.2) is 19.4 Å². The summed E-state index contributed by atoms with van der Waals surface area (Å²) in [6, 6.07) is 1.33. The number of rotatable bonds is 2. The van der Waals surface area contributed by atoms with E-state index in [1.807, 2.05) is 0 Å². The van der Waals surface area contributed by atoms with Crippen molar-refractivity contribution < 1.29 is 9.90 Å². The van der Waals surface area contributed by atoms with Crippen molar-refractivity contribution in [2.45, 2.75) is 0 Å². The zero-order valence-corrected chi connectivity index (χ0v) is 7.41. The number of carboxylic acid groups (broad SMARTS) is 1. The largest absolute Gasteiger partial charge is 0.476 e. The van der Waals surface area contributed by atoms with Crippen LogP contribution in [0, 0.1) is 0 Å². The number of carboxylic acids is 1. The molecule has 0 spiro atoms. The summed E-state index contributed by atoms with van der Waals surface area (Å²) in [5.74, 6) is -0.794. The topological polar surface area (TPSA) is 101 Å². The molecule has 2 aromatic rings. The molecular formula is C8H6N4O3. The molecule has 2 heterocycles. The summed E-state index contributed by atoms with van der Waals surface area (Å²) in [6.45, 7) is 0. The lowest BCUT2D eigenvalue weighted by molar-refractivity contribution is 0.0690. The maximum atomic E-state index is 10.8. The van der Waals surface area contributed by atoms with E-state index in [0.29, 0.717) is 5.82 Å². The van der Waals surface area contributed by atoms with Gasteiger partial charge < -0.3 is 5.11 Å². The maximum absolute atomic E-state index is 10.8. The van der Waals surface area contributed by atoms with Gasteiger partial charge in [-0.15, -0.1) is 0 Å². The smallest absolute Gasteiger partial charge is 0.356 e. The Bertz CT molecular complexity index is 540. The molecule has 0 saturated carbocycles. The Morgan fingerprint density at radius 3 is 2.67 bits per heavy atom. The Morgan fingerprint density at radius 1 is 1.40 bits per heavy atom. The van der Waals surface area contributed by atoms with Gasteiger partial charge in [0.15, 0.2) is 11.5 Å². The highest BCUT2D eigenvalue weighted by Gasteiger charge is 2.05. The minimum absolute atomic E-state index is 0.145. The van der Waals surface area contributed by atoms with E-state index in [2.05, 4.69) is 15.1 Å². The Labute approximate surface area is 83.0 Å². The van der Waals surface area contributed by atoms with Crippen LogP contribution in [0.3, 0.4) is 0 Å². The van der Waals surface area contributed by atoms with Crippen molar-refractivity contribution in [1.29, 1.82) is 0 Å². The number of nitrogens with one attached hydrogen (secondary N) is 1. The second kappa shape index (κ2) is 3.37. The first kappa shape index (κ1) is 9.13. The minimum Gasteiger partial charge on any atom is -0.476 e. The first-order valence-electron chi connectivity index (χ1n) is 4.00. The van der Waals surface area contributed by atoms with Gasteiger partial charge in [-0.3, -0.25) is 9.89 Å². The molecule has 7 nitrogen and oxygen atoms in total. The normalized spacial score (nSPS) is 10.1. The molecule has 0 atom stereocenters. The molecule has 0 saturated heterocycles. The lowest BCUT2D eigenvalue weighted by atomic mass is 10.4. The number of nitrogens with zero attached hydrogens (tertiary/aromatic N) is 3. The Balaban J connectivity index is 2.39. The zero-order valence-electron chi connectivity index (χ0n) is 7.41. The van der Waals surface area contributed by atoms with Crippen LogP contribution in [0.4, 0.5) is 0 Å². The van der Waals surface area contributed by atoms with Crippen LogP contribution in [0.25, 0.3) is 5.82 Å². The monoisotopic (exact) mass is 206 g/mol. The second-order valence-corrected chi connectivity index (χ2v) is 2.73. The Morgan fingerprint density at radius 2 is 2.20 bits per heavy atom. The van der Waals surface area contributed by atoms with Crippen LogP contribution in [0.15, 0.2) is 29.5 Å². The predicted molar refractivity (Wildman–Crippen MR) is 48.9 cm³/mol. The van der Waals surface area contributed by atoms with Crippen molar-refractivity contribution in [2.75, 3.05) is 0 Å². The van der Waals surface area contributed by atoms with E-state index in [-0.39, 0.29) is 11.3 Å². The van der Waals surface area contributed by atoms with Crippen molar-refractivity contribution >= 4 is 5.97 Å². The van der Waals surface area contributed by atoms with E-state index < -0.39 is 5.97 Å². The molecule has 0 bridgehead atoms. The molecule has 0 aliphatic rings. The van der Waals surface area contributed by atoms with Crippen molar-refractivity contribution in [3.8, 4) is 5.82 Å². The first-order chi connectivity index (χ1) is 7.16. The summed E-state index contributed by atoms with van der Waals surface area (Å²) in [5.41, 5.74) is -0.410. The van der Waals surface area contributed by atoms with E-state index in [4.69, 9.17) is 5.11 Å². The van der Waals surface area contributed by atoms with Gasteiger partial charge in [-0.2, -0.15) is 0 Å².